The Kier molecular flexibility index (Phi) is 8.89. The number of nitrogens with zero attached hydrogens (tertiary/aromatic N) is 9. The molecule has 0 saturated carbocycles. The van der Waals surface area contributed by atoms with Crippen molar-refractivity contribution in [2.24, 2.45) is 0 Å². The molecule has 3 aromatic heterocycles. The van der Waals surface area contributed by atoms with Gasteiger partial charge in [-0.2, -0.15) is 25.0 Å². The van der Waals surface area contributed by atoms with Gasteiger partial charge in [-0.15, -0.1) is 11.3 Å². The van der Waals surface area contributed by atoms with E-state index >= 15 is 8.78 Å². The summed E-state index contributed by atoms with van der Waals surface area (Å²) < 4.78 is 61.9. The van der Waals surface area contributed by atoms with Gasteiger partial charge >= 0.3 is 12.0 Å². The number of hydrogen-bond donors (Lipinski definition) is 1. The summed E-state index contributed by atoms with van der Waals surface area (Å²) in [6, 6.07) is 3.97. The lowest BCUT2D eigenvalue weighted by molar-refractivity contribution is 0.107. The molecule has 3 saturated heterocycles. The van der Waals surface area contributed by atoms with E-state index in [9.17, 15) is 14.4 Å². The van der Waals surface area contributed by atoms with Gasteiger partial charge in [-0.05, 0) is 43.9 Å². The molecule has 4 aliphatic heterocycles. The molecule has 5 aromatic rings. The van der Waals surface area contributed by atoms with Crippen LogP contribution in [0.1, 0.15) is 51.0 Å². The molecule has 1 amide bonds. The van der Waals surface area contributed by atoms with Crippen molar-refractivity contribution in [1.82, 2.24) is 34.5 Å². The SMILES string of the molecule is CC[C@H]1C[C@H]2CCN(C(=O)n3cncn3)CCN2c2nc(OC[C@@]34CCCN3C[C@H](F)C4)nc3c(F)c(-c4ccc(F)c5sc(N)c(C#N)c45)c(Cl)c(c23)O1. The van der Waals surface area contributed by atoms with E-state index in [1.165, 1.54) is 29.5 Å². The van der Waals surface area contributed by atoms with Crippen LogP contribution < -0.4 is 20.1 Å². The molecule has 0 spiro atoms. The number of alkyl halides is 1. The summed E-state index contributed by atoms with van der Waals surface area (Å²) >= 11 is 8.12. The van der Waals surface area contributed by atoms with Gasteiger partial charge in [0.2, 0.25) is 0 Å². The summed E-state index contributed by atoms with van der Waals surface area (Å²) in [6.45, 7) is 4.17. The van der Waals surface area contributed by atoms with Crippen molar-refractivity contribution in [2.75, 3.05) is 50.0 Å². The fourth-order valence-corrected chi connectivity index (χ4v) is 10.2. The molecule has 18 heteroatoms. The topological polar surface area (TPSA) is 152 Å². The largest absolute Gasteiger partial charge is 0.488 e. The van der Waals surface area contributed by atoms with E-state index in [-0.39, 0.29) is 84.7 Å². The van der Waals surface area contributed by atoms with Gasteiger partial charge in [0.05, 0.1) is 26.2 Å². The summed E-state index contributed by atoms with van der Waals surface area (Å²) in [6.07, 6.45) is 4.86. The molecule has 0 aliphatic carbocycles. The quantitative estimate of drug-likeness (QED) is 0.206. The van der Waals surface area contributed by atoms with Gasteiger partial charge in [-0.3, -0.25) is 4.90 Å². The lowest BCUT2D eigenvalue weighted by Gasteiger charge is -2.37. The highest BCUT2D eigenvalue weighted by atomic mass is 35.5. The third-order valence-corrected chi connectivity index (χ3v) is 13.0. The van der Waals surface area contributed by atoms with Gasteiger partial charge in [0, 0.05) is 56.0 Å². The Balaban J connectivity index is 1.24. The zero-order valence-electron chi connectivity index (χ0n) is 29.8. The number of fused-ring (bicyclic) bond motifs is 4. The van der Waals surface area contributed by atoms with Crippen LogP contribution in [0.25, 0.3) is 32.1 Å². The minimum Gasteiger partial charge on any atom is -0.488 e. The first-order valence-corrected chi connectivity index (χ1v) is 19.5. The second-order valence-electron chi connectivity index (χ2n) is 14.6. The Morgan fingerprint density at radius 2 is 2.07 bits per heavy atom. The van der Waals surface area contributed by atoms with Crippen LogP contribution in [0.2, 0.25) is 5.02 Å². The van der Waals surface area contributed by atoms with E-state index in [1.54, 1.807) is 4.90 Å². The average Bonchev–Trinajstić information content (AvgIpc) is 3.94. The molecule has 4 aliphatic rings. The smallest absolute Gasteiger partial charge is 0.346 e. The molecule has 13 nitrogen and oxygen atoms in total. The van der Waals surface area contributed by atoms with Crippen LogP contribution in [0, 0.1) is 23.0 Å². The maximum absolute atomic E-state index is 17.6. The molecule has 0 unspecified atom stereocenters. The van der Waals surface area contributed by atoms with Crippen LogP contribution in [0.15, 0.2) is 24.8 Å². The van der Waals surface area contributed by atoms with Gasteiger partial charge in [-0.1, -0.05) is 24.6 Å². The molecular formula is C37H36ClF3N10O3S. The molecule has 286 valence electrons. The number of thiophene rings is 1. The number of nitriles is 1. The van der Waals surface area contributed by atoms with Gasteiger partial charge in [-0.25, -0.2) is 22.9 Å². The van der Waals surface area contributed by atoms with Crippen LogP contribution in [0.4, 0.5) is 28.8 Å². The van der Waals surface area contributed by atoms with Crippen molar-refractivity contribution >= 4 is 60.8 Å². The number of rotatable bonds is 5. The lowest BCUT2D eigenvalue weighted by Crippen LogP contribution is -2.44. The second-order valence-corrected chi connectivity index (χ2v) is 16.1. The maximum Gasteiger partial charge on any atom is 0.346 e. The van der Waals surface area contributed by atoms with Gasteiger partial charge in [0.1, 0.15) is 59.8 Å². The van der Waals surface area contributed by atoms with E-state index in [0.29, 0.717) is 51.1 Å². The number of carbonyl (C=O) groups excluding carboxylic acids is 1. The van der Waals surface area contributed by atoms with Crippen molar-refractivity contribution in [3.8, 4) is 29.0 Å². The van der Waals surface area contributed by atoms with Crippen molar-refractivity contribution in [3.05, 3.63) is 47.0 Å². The predicted molar refractivity (Wildman–Crippen MR) is 200 cm³/mol. The lowest BCUT2D eigenvalue weighted by atomic mass is 9.95. The minimum absolute atomic E-state index is 0.00740. The molecule has 4 atom stereocenters. The predicted octanol–water partition coefficient (Wildman–Crippen LogP) is 6.55. The van der Waals surface area contributed by atoms with Gasteiger partial charge in [0.25, 0.3) is 0 Å². The van der Waals surface area contributed by atoms with E-state index in [0.717, 1.165) is 30.7 Å². The highest BCUT2D eigenvalue weighted by Crippen LogP contribution is 2.52. The molecule has 7 heterocycles. The summed E-state index contributed by atoms with van der Waals surface area (Å²) in [7, 11) is 0. The Morgan fingerprint density at radius 3 is 2.85 bits per heavy atom. The fourth-order valence-electron chi connectivity index (χ4n) is 8.93. The minimum atomic E-state index is -0.985. The number of amides is 1. The molecule has 3 fully saturated rings. The van der Waals surface area contributed by atoms with Gasteiger partial charge in [0.15, 0.2) is 11.6 Å². The highest BCUT2D eigenvalue weighted by molar-refractivity contribution is 7.23. The number of ether oxygens (including phenoxy) is 2. The van der Waals surface area contributed by atoms with Crippen LogP contribution in [-0.2, 0) is 0 Å². The number of halogens is 4. The van der Waals surface area contributed by atoms with Gasteiger partial charge < -0.3 is 25.0 Å². The summed E-state index contributed by atoms with van der Waals surface area (Å²) in [4.78, 5) is 32.8. The van der Waals surface area contributed by atoms with Crippen LogP contribution in [-0.4, -0.2) is 104 Å². The number of carbonyl (C=O) groups is 1. The normalized spacial score (nSPS) is 23.9. The Bertz CT molecular complexity index is 2390. The molecular weight excluding hydrogens is 757 g/mol. The molecule has 9 rings (SSSR count). The monoisotopic (exact) mass is 792 g/mol. The third kappa shape index (κ3) is 5.79. The Labute approximate surface area is 322 Å². The number of aromatic nitrogens is 5. The summed E-state index contributed by atoms with van der Waals surface area (Å²) in [5, 5.41) is 14.4. The standard InChI is InChI=1S/C37H36ClF3N10O3S/c1-2-21-12-20-6-9-48(36(52)51-18-44-17-45-51)10-11-50(20)34-27-30(46-35(47-34)53-16-37-7-3-8-49(37)15-19(39)13-37)29(41)26(28(38)31(27)54-21)22-4-5-24(40)32-25(22)23(14-42)33(43)55-32/h4-5,17-21H,2-3,6-13,15-16,43H2,1H3/t19-,20-,21+,37+/m1/s1. The molecule has 2 aromatic carbocycles. The number of nitrogens with two attached hydrogens (primary N) is 1. The second kappa shape index (κ2) is 13.7. The Hall–Kier alpha value is -4.92. The number of nitrogen functional groups attached to an aromatic ring is 1. The zero-order valence-corrected chi connectivity index (χ0v) is 31.3. The van der Waals surface area contributed by atoms with Crippen molar-refractivity contribution in [3.63, 3.8) is 0 Å². The van der Waals surface area contributed by atoms with Crippen LogP contribution >= 0.6 is 22.9 Å². The first-order chi connectivity index (χ1) is 26.6. The highest BCUT2D eigenvalue weighted by Gasteiger charge is 2.49. The molecule has 2 N–H and O–H groups in total. The van der Waals surface area contributed by atoms with Crippen molar-refractivity contribution in [2.45, 2.75) is 69.3 Å². The summed E-state index contributed by atoms with van der Waals surface area (Å²) in [5.74, 6) is -1.02. The van der Waals surface area contributed by atoms with E-state index in [4.69, 9.17) is 31.8 Å². The summed E-state index contributed by atoms with van der Waals surface area (Å²) in [5.41, 5.74) is 5.50. The number of hydrogen-bond acceptors (Lipinski definition) is 12. The van der Waals surface area contributed by atoms with Crippen LogP contribution in [0.5, 0.6) is 11.8 Å². The first kappa shape index (κ1) is 35.8. The molecule has 0 radical (unpaired) electrons. The Morgan fingerprint density at radius 1 is 1.22 bits per heavy atom. The molecule has 0 bridgehead atoms. The van der Waals surface area contributed by atoms with E-state index < -0.39 is 29.4 Å². The zero-order chi connectivity index (χ0) is 38.2. The maximum atomic E-state index is 17.6. The van der Waals surface area contributed by atoms with Crippen LogP contribution in [0.3, 0.4) is 0 Å². The fraction of sp³-hybridized carbons (Fsp3) is 0.459. The van der Waals surface area contributed by atoms with E-state index in [2.05, 4.69) is 20.0 Å². The number of anilines is 2. The first-order valence-electron chi connectivity index (χ1n) is 18.3. The van der Waals surface area contributed by atoms with Crippen molar-refractivity contribution < 1.29 is 27.4 Å². The third-order valence-electron chi connectivity index (χ3n) is 11.6. The van der Waals surface area contributed by atoms with Crippen molar-refractivity contribution in [1.29, 1.82) is 5.26 Å². The van der Waals surface area contributed by atoms with E-state index in [1.807, 2.05) is 17.9 Å². The average molecular weight is 793 g/mol. The molecule has 55 heavy (non-hydrogen) atoms. The number of benzene rings is 2.